The molecule has 0 aromatic rings. The highest BCUT2D eigenvalue weighted by Crippen LogP contribution is 2.48. The number of hydrogen-bond acceptors (Lipinski definition) is 7. The fourth-order valence-corrected chi connectivity index (χ4v) is 5.40. The van der Waals surface area contributed by atoms with Gasteiger partial charge in [-0.05, 0) is 25.7 Å². The van der Waals surface area contributed by atoms with Gasteiger partial charge in [0.05, 0.1) is 6.61 Å². The summed E-state index contributed by atoms with van der Waals surface area (Å²) >= 11 is 0. The molecule has 0 aromatic carbocycles. The molecule has 7 heteroatoms. The topological polar surface area (TPSA) is 72.5 Å². The van der Waals surface area contributed by atoms with Gasteiger partial charge < -0.3 is 28.4 Å². The van der Waals surface area contributed by atoms with Crippen molar-refractivity contribution in [3.63, 3.8) is 0 Å². The van der Waals surface area contributed by atoms with Gasteiger partial charge in [-0.3, -0.25) is 4.79 Å². The normalized spacial score (nSPS) is 42.5. The second-order valence-corrected chi connectivity index (χ2v) is 8.65. The van der Waals surface area contributed by atoms with Gasteiger partial charge in [-0.15, -0.1) is 0 Å². The molecule has 2 aliphatic carbocycles. The number of esters is 1. The summed E-state index contributed by atoms with van der Waals surface area (Å²) in [6.07, 6.45) is 8.27. The molecule has 5 fully saturated rings. The summed E-state index contributed by atoms with van der Waals surface area (Å²) in [5.74, 6) is -1.40. The summed E-state index contributed by atoms with van der Waals surface area (Å²) in [6.45, 7) is 1.87. The highest BCUT2D eigenvalue weighted by Gasteiger charge is 2.62. The van der Waals surface area contributed by atoms with E-state index in [2.05, 4.69) is 0 Å². The van der Waals surface area contributed by atoms with Crippen LogP contribution in [0.1, 0.15) is 71.1 Å². The Labute approximate surface area is 159 Å². The third-order valence-corrected chi connectivity index (χ3v) is 6.66. The standard InChI is InChI=1S/C20H30O7/c1-13(21)23-16-15(14-12-22-19(25-14)8-4-2-5-9-19)24-18-17(16)26-20(27-18)10-6-3-7-11-20/h14-18H,2-12H2,1H3/t14-,15-,16+,17-,18+/m0/s1. The van der Waals surface area contributed by atoms with Crippen molar-refractivity contribution in [2.45, 2.75) is 113 Å². The maximum atomic E-state index is 11.8. The van der Waals surface area contributed by atoms with E-state index in [0.29, 0.717) is 6.61 Å². The Morgan fingerprint density at radius 3 is 2.19 bits per heavy atom. The van der Waals surface area contributed by atoms with Gasteiger partial charge in [0.2, 0.25) is 0 Å². The molecular weight excluding hydrogens is 352 g/mol. The summed E-state index contributed by atoms with van der Waals surface area (Å²) in [5.41, 5.74) is 0. The van der Waals surface area contributed by atoms with Crippen LogP contribution in [-0.4, -0.2) is 54.9 Å². The van der Waals surface area contributed by atoms with E-state index in [-0.39, 0.29) is 12.1 Å². The molecule has 5 atom stereocenters. The van der Waals surface area contributed by atoms with Crippen molar-refractivity contribution in [3.05, 3.63) is 0 Å². The van der Waals surface area contributed by atoms with Crippen molar-refractivity contribution in [2.75, 3.05) is 6.61 Å². The van der Waals surface area contributed by atoms with E-state index < -0.39 is 36.2 Å². The maximum absolute atomic E-state index is 11.8. The van der Waals surface area contributed by atoms with Crippen LogP contribution in [-0.2, 0) is 33.2 Å². The number of hydrogen-bond donors (Lipinski definition) is 0. The predicted molar refractivity (Wildman–Crippen MR) is 92.6 cm³/mol. The third kappa shape index (κ3) is 3.31. The first-order valence-electron chi connectivity index (χ1n) is 10.6. The van der Waals surface area contributed by atoms with Crippen LogP contribution in [0.4, 0.5) is 0 Å². The molecule has 0 N–H and O–H groups in total. The van der Waals surface area contributed by atoms with Gasteiger partial charge in [0.1, 0.15) is 12.2 Å². The molecule has 5 aliphatic rings. The second-order valence-electron chi connectivity index (χ2n) is 8.65. The van der Waals surface area contributed by atoms with Gasteiger partial charge in [-0.2, -0.15) is 0 Å². The van der Waals surface area contributed by atoms with Crippen LogP contribution < -0.4 is 0 Å². The van der Waals surface area contributed by atoms with Crippen molar-refractivity contribution >= 4 is 5.97 Å². The van der Waals surface area contributed by atoms with Crippen LogP contribution in [0.2, 0.25) is 0 Å². The van der Waals surface area contributed by atoms with Crippen LogP contribution in [0.15, 0.2) is 0 Å². The van der Waals surface area contributed by atoms with Crippen molar-refractivity contribution in [1.29, 1.82) is 0 Å². The van der Waals surface area contributed by atoms with E-state index in [1.165, 1.54) is 19.8 Å². The molecule has 2 saturated carbocycles. The molecule has 0 aromatic heterocycles. The first-order chi connectivity index (χ1) is 13.1. The second kappa shape index (κ2) is 6.95. The van der Waals surface area contributed by atoms with Crippen molar-refractivity contribution < 1.29 is 33.2 Å². The fraction of sp³-hybridized carbons (Fsp3) is 0.950. The van der Waals surface area contributed by atoms with Crippen molar-refractivity contribution in [2.24, 2.45) is 0 Å². The largest absolute Gasteiger partial charge is 0.457 e. The van der Waals surface area contributed by atoms with E-state index in [1.54, 1.807) is 0 Å². The van der Waals surface area contributed by atoms with Crippen molar-refractivity contribution in [1.82, 2.24) is 0 Å². The number of ether oxygens (including phenoxy) is 6. The zero-order chi connectivity index (χ0) is 18.5. The summed E-state index contributed by atoms with van der Waals surface area (Å²) < 4.78 is 36.8. The number of carbonyl (C=O) groups is 1. The molecule has 0 unspecified atom stereocenters. The zero-order valence-corrected chi connectivity index (χ0v) is 16.0. The van der Waals surface area contributed by atoms with E-state index in [0.717, 1.165) is 51.4 Å². The zero-order valence-electron chi connectivity index (χ0n) is 16.0. The number of carbonyl (C=O) groups excluding carboxylic acids is 1. The Balaban J connectivity index is 1.31. The first-order valence-corrected chi connectivity index (χ1v) is 10.6. The highest BCUT2D eigenvalue weighted by molar-refractivity contribution is 5.66. The fourth-order valence-electron chi connectivity index (χ4n) is 5.40. The average molecular weight is 382 g/mol. The van der Waals surface area contributed by atoms with E-state index >= 15 is 0 Å². The Morgan fingerprint density at radius 1 is 0.852 bits per heavy atom. The predicted octanol–water partition coefficient (Wildman–Crippen LogP) is 2.79. The van der Waals surface area contributed by atoms with Crippen LogP contribution >= 0.6 is 0 Å². The lowest BCUT2D eigenvalue weighted by atomic mass is 9.94. The lowest BCUT2D eigenvalue weighted by Crippen LogP contribution is -2.46. The SMILES string of the molecule is CC(=O)O[C@H]1[C@@H]2OC3(CCCCC3)O[C@H]2O[C@H]1[C@@H]1COC2(CCCCC2)O1. The summed E-state index contributed by atoms with van der Waals surface area (Å²) in [4.78, 5) is 11.8. The Hall–Kier alpha value is -0.730. The average Bonchev–Trinajstić information content (AvgIpc) is 3.29. The number of rotatable bonds is 2. The Morgan fingerprint density at radius 2 is 1.52 bits per heavy atom. The van der Waals surface area contributed by atoms with Gasteiger partial charge in [-0.25, -0.2) is 0 Å². The minimum atomic E-state index is -0.575. The molecule has 7 nitrogen and oxygen atoms in total. The molecular formula is C20H30O7. The maximum Gasteiger partial charge on any atom is 0.303 e. The molecule has 27 heavy (non-hydrogen) atoms. The minimum absolute atomic E-state index is 0.271. The third-order valence-electron chi connectivity index (χ3n) is 6.66. The monoisotopic (exact) mass is 382 g/mol. The van der Waals surface area contributed by atoms with Crippen LogP contribution in [0.25, 0.3) is 0 Å². The molecule has 0 bridgehead atoms. The summed E-state index contributed by atoms with van der Waals surface area (Å²) in [6, 6.07) is 0. The molecule has 5 rings (SSSR count). The smallest absolute Gasteiger partial charge is 0.303 e. The molecule has 152 valence electrons. The lowest BCUT2D eigenvalue weighted by molar-refractivity contribution is -0.261. The van der Waals surface area contributed by atoms with E-state index in [4.69, 9.17) is 28.4 Å². The molecule has 3 heterocycles. The van der Waals surface area contributed by atoms with Gasteiger partial charge in [0, 0.05) is 32.6 Å². The molecule has 3 aliphatic heterocycles. The van der Waals surface area contributed by atoms with Gasteiger partial charge in [0.15, 0.2) is 30.1 Å². The highest BCUT2D eigenvalue weighted by atomic mass is 16.9. The molecule has 0 radical (unpaired) electrons. The summed E-state index contributed by atoms with van der Waals surface area (Å²) in [5, 5.41) is 0. The van der Waals surface area contributed by atoms with E-state index in [9.17, 15) is 4.79 Å². The molecule has 2 spiro atoms. The van der Waals surface area contributed by atoms with Gasteiger partial charge >= 0.3 is 5.97 Å². The Bertz CT molecular complexity index is 567. The lowest BCUT2D eigenvalue weighted by Gasteiger charge is -2.35. The van der Waals surface area contributed by atoms with E-state index in [1.807, 2.05) is 0 Å². The van der Waals surface area contributed by atoms with Gasteiger partial charge in [-0.1, -0.05) is 12.8 Å². The number of fused-ring (bicyclic) bond motifs is 1. The quantitative estimate of drug-likeness (QED) is 0.680. The summed E-state index contributed by atoms with van der Waals surface area (Å²) in [7, 11) is 0. The van der Waals surface area contributed by atoms with Crippen molar-refractivity contribution in [3.8, 4) is 0 Å². The van der Waals surface area contributed by atoms with Crippen LogP contribution in [0.5, 0.6) is 0 Å². The Kier molecular flexibility index (Phi) is 4.71. The van der Waals surface area contributed by atoms with Gasteiger partial charge in [0.25, 0.3) is 0 Å². The first kappa shape index (κ1) is 18.3. The molecule has 3 saturated heterocycles. The minimum Gasteiger partial charge on any atom is -0.457 e. The molecule has 0 amide bonds. The van der Waals surface area contributed by atoms with Crippen LogP contribution in [0, 0.1) is 0 Å². The van der Waals surface area contributed by atoms with Crippen LogP contribution in [0.3, 0.4) is 0 Å².